The maximum Gasteiger partial charge on any atom is 0.331 e. The van der Waals surface area contributed by atoms with Gasteiger partial charge in [0.1, 0.15) is 0 Å². The predicted molar refractivity (Wildman–Crippen MR) is 132 cm³/mol. The molecule has 3 aromatic carbocycles. The molecule has 4 aromatic rings. The van der Waals surface area contributed by atoms with E-state index in [0.29, 0.717) is 6.61 Å². The molecule has 0 fully saturated rings. The van der Waals surface area contributed by atoms with Crippen molar-refractivity contribution >= 4 is 22.4 Å². The van der Waals surface area contributed by atoms with Crippen LogP contribution in [0.2, 0.25) is 0 Å². The Balaban J connectivity index is 1.79. The molecule has 0 bridgehead atoms. The molecule has 0 atom stereocenters. The van der Waals surface area contributed by atoms with Gasteiger partial charge >= 0.3 is 5.97 Å². The van der Waals surface area contributed by atoms with Crippen LogP contribution in [0.4, 0.5) is 0 Å². The second-order valence-corrected chi connectivity index (χ2v) is 8.30. The number of fused-ring (bicyclic) bond motifs is 1. The zero-order valence-electron chi connectivity index (χ0n) is 19.1. The SMILES string of the molecule is CCOC(=O)/C=C(\C)c1ccc2c(ccn2C(c2ccc(C)cc2)c2ccc(C)cc2)c1. The number of esters is 1. The molecular weight excluding hydrogens is 394 g/mol. The molecule has 0 N–H and O–H groups in total. The molecule has 32 heavy (non-hydrogen) atoms. The minimum Gasteiger partial charge on any atom is -0.463 e. The van der Waals surface area contributed by atoms with Crippen molar-refractivity contribution in [2.45, 2.75) is 33.7 Å². The highest BCUT2D eigenvalue weighted by molar-refractivity contribution is 5.93. The number of benzene rings is 3. The van der Waals surface area contributed by atoms with Gasteiger partial charge in [-0.25, -0.2) is 4.79 Å². The normalized spacial score (nSPS) is 11.8. The number of hydrogen-bond acceptors (Lipinski definition) is 2. The molecule has 0 spiro atoms. The van der Waals surface area contributed by atoms with E-state index in [-0.39, 0.29) is 12.0 Å². The number of rotatable bonds is 6. The van der Waals surface area contributed by atoms with Gasteiger partial charge in [0.2, 0.25) is 0 Å². The van der Waals surface area contributed by atoms with Crippen LogP contribution >= 0.6 is 0 Å². The number of hydrogen-bond donors (Lipinski definition) is 0. The zero-order chi connectivity index (χ0) is 22.7. The molecule has 0 saturated heterocycles. The van der Waals surface area contributed by atoms with E-state index in [2.05, 4.69) is 97.4 Å². The fraction of sp³-hybridized carbons (Fsp3) is 0.207. The van der Waals surface area contributed by atoms with Gasteiger partial charge in [-0.2, -0.15) is 0 Å². The van der Waals surface area contributed by atoms with E-state index in [1.165, 1.54) is 22.3 Å². The van der Waals surface area contributed by atoms with E-state index in [9.17, 15) is 4.79 Å². The lowest BCUT2D eigenvalue weighted by Gasteiger charge is -2.22. The first-order chi connectivity index (χ1) is 15.5. The van der Waals surface area contributed by atoms with Crippen molar-refractivity contribution in [1.82, 2.24) is 4.57 Å². The van der Waals surface area contributed by atoms with Gasteiger partial charge in [0.15, 0.2) is 0 Å². The summed E-state index contributed by atoms with van der Waals surface area (Å²) in [7, 11) is 0. The number of carbonyl (C=O) groups is 1. The Morgan fingerprint density at radius 3 is 2.06 bits per heavy atom. The second kappa shape index (κ2) is 9.27. The van der Waals surface area contributed by atoms with Crippen molar-refractivity contribution in [2.75, 3.05) is 6.61 Å². The van der Waals surface area contributed by atoms with E-state index < -0.39 is 0 Å². The highest BCUT2D eigenvalue weighted by Crippen LogP contribution is 2.32. The first kappa shape index (κ1) is 21.6. The Bertz CT molecular complexity index is 1220. The minimum absolute atomic E-state index is 0.0794. The lowest BCUT2D eigenvalue weighted by atomic mass is 9.96. The Kier molecular flexibility index (Phi) is 6.27. The maximum atomic E-state index is 11.8. The largest absolute Gasteiger partial charge is 0.463 e. The van der Waals surface area contributed by atoms with E-state index >= 15 is 0 Å². The average molecular weight is 424 g/mol. The molecule has 0 amide bonds. The van der Waals surface area contributed by atoms with Gasteiger partial charge in [-0.3, -0.25) is 0 Å². The monoisotopic (exact) mass is 423 g/mol. The summed E-state index contributed by atoms with van der Waals surface area (Å²) in [5.41, 5.74) is 8.07. The fourth-order valence-corrected chi connectivity index (χ4v) is 4.09. The van der Waals surface area contributed by atoms with E-state index in [4.69, 9.17) is 4.74 Å². The lowest BCUT2D eigenvalue weighted by molar-refractivity contribution is -0.137. The van der Waals surface area contributed by atoms with Crippen LogP contribution in [0, 0.1) is 13.8 Å². The summed E-state index contributed by atoms with van der Waals surface area (Å²) in [5, 5.41) is 1.14. The molecule has 162 valence electrons. The smallest absolute Gasteiger partial charge is 0.331 e. The number of ether oxygens (including phenoxy) is 1. The van der Waals surface area contributed by atoms with Crippen LogP contribution in [0.3, 0.4) is 0 Å². The van der Waals surface area contributed by atoms with E-state index in [1.54, 1.807) is 6.08 Å². The Morgan fingerprint density at radius 1 is 0.906 bits per heavy atom. The van der Waals surface area contributed by atoms with E-state index in [0.717, 1.165) is 22.0 Å². The van der Waals surface area contributed by atoms with Crippen LogP contribution < -0.4 is 0 Å². The Hall–Kier alpha value is -3.59. The molecule has 3 heteroatoms. The first-order valence-electron chi connectivity index (χ1n) is 11.1. The van der Waals surface area contributed by atoms with Crippen LogP contribution in [-0.2, 0) is 9.53 Å². The van der Waals surface area contributed by atoms with Crippen LogP contribution in [0.15, 0.2) is 85.1 Å². The summed E-state index contributed by atoms with van der Waals surface area (Å²) in [4.78, 5) is 11.8. The molecule has 1 heterocycles. The molecule has 0 radical (unpaired) electrons. The van der Waals surface area contributed by atoms with Crippen molar-refractivity contribution in [3.63, 3.8) is 0 Å². The quantitative estimate of drug-likeness (QED) is 0.250. The van der Waals surface area contributed by atoms with Gasteiger partial charge < -0.3 is 9.30 Å². The summed E-state index contributed by atoms with van der Waals surface area (Å²) in [6.07, 6.45) is 3.71. The molecule has 0 aliphatic carbocycles. The zero-order valence-corrected chi connectivity index (χ0v) is 19.1. The summed E-state index contributed by atoms with van der Waals surface area (Å²) < 4.78 is 7.38. The van der Waals surface area contributed by atoms with Gasteiger partial charge in [-0.1, -0.05) is 65.7 Å². The molecule has 3 nitrogen and oxygen atoms in total. The van der Waals surface area contributed by atoms with Gasteiger partial charge in [-0.15, -0.1) is 0 Å². The molecular formula is C29H29NO2. The molecule has 4 rings (SSSR count). The third kappa shape index (κ3) is 4.52. The fourth-order valence-electron chi connectivity index (χ4n) is 4.09. The van der Waals surface area contributed by atoms with Crippen LogP contribution in [0.25, 0.3) is 16.5 Å². The third-order valence-corrected chi connectivity index (χ3v) is 5.86. The molecule has 1 aromatic heterocycles. The number of carbonyl (C=O) groups excluding carboxylic acids is 1. The minimum atomic E-state index is -0.304. The van der Waals surface area contributed by atoms with Crippen LogP contribution in [0.1, 0.15) is 47.7 Å². The first-order valence-corrected chi connectivity index (χ1v) is 11.1. The van der Waals surface area contributed by atoms with Crippen LogP contribution in [-0.4, -0.2) is 17.1 Å². The number of aromatic nitrogens is 1. The molecule has 0 aliphatic heterocycles. The highest BCUT2D eigenvalue weighted by Gasteiger charge is 2.18. The predicted octanol–water partition coefficient (Wildman–Crippen LogP) is 6.86. The molecule has 0 saturated carbocycles. The summed E-state index contributed by atoms with van der Waals surface area (Å²) in [5.74, 6) is -0.304. The summed E-state index contributed by atoms with van der Waals surface area (Å²) in [6, 6.07) is 26.1. The highest BCUT2D eigenvalue weighted by atomic mass is 16.5. The second-order valence-electron chi connectivity index (χ2n) is 8.30. The van der Waals surface area contributed by atoms with Crippen molar-refractivity contribution in [3.8, 4) is 0 Å². The standard InChI is InChI=1S/C29H29NO2/c1-5-32-28(31)18-22(4)25-14-15-27-26(19-25)16-17-30(27)29(23-10-6-20(2)7-11-23)24-12-8-21(3)9-13-24/h6-19,29H,5H2,1-4H3/b22-18+. The van der Waals surface area contributed by atoms with E-state index in [1.807, 2.05) is 13.8 Å². The summed E-state index contributed by atoms with van der Waals surface area (Å²) >= 11 is 0. The Morgan fingerprint density at radius 2 is 1.50 bits per heavy atom. The number of nitrogens with zero attached hydrogens (tertiary/aromatic N) is 1. The van der Waals surface area contributed by atoms with Gasteiger partial charge in [0, 0.05) is 23.2 Å². The van der Waals surface area contributed by atoms with Crippen LogP contribution in [0.5, 0.6) is 0 Å². The molecule has 0 unspecified atom stereocenters. The third-order valence-electron chi connectivity index (χ3n) is 5.86. The Labute approximate surface area is 190 Å². The van der Waals surface area contributed by atoms with Gasteiger partial charge in [0.05, 0.1) is 12.6 Å². The van der Waals surface area contributed by atoms with Gasteiger partial charge in [0.25, 0.3) is 0 Å². The number of allylic oxidation sites excluding steroid dienone is 1. The van der Waals surface area contributed by atoms with Crippen molar-refractivity contribution < 1.29 is 9.53 Å². The maximum absolute atomic E-state index is 11.8. The van der Waals surface area contributed by atoms with Crippen molar-refractivity contribution in [3.05, 3.63) is 113 Å². The summed E-state index contributed by atoms with van der Waals surface area (Å²) in [6.45, 7) is 8.36. The molecule has 0 aliphatic rings. The van der Waals surface area contributed by atoms with Gasteiger partial charge in [-0.05, 0) is 68.2 Å². The topological polar surface area (TPSA) is 31.2 Å². The number of aryl methyl sites for hydroxylation is 2. The average Bonchev–Trinajstić information content (AvgIpc) is 3.19. The van der Waals surface area contributed by atoms with Crippen molar-refractivity contribution in [2.24, 2.45) is 0 Å². The lowest BCUT2D eigenvalue weighted by Crippen LogP contribution is -2.11. The van der Waals surface area contributed by atoms with Crippen molar-refractivity contribution in [1.29, 1.82) is 0 Å².